The highest BCUT2D eigenvalue weighted by Crippen LogP contribution is 2.43. The molecule has 6 aromatic carbocycles. The SMILES string of the molecule is c1ccc(-c2cccc3ccccc23)c(Sc2ccccc2-c2cccc3ccccc23)c1. The second-order valence-corrected chi connectivity index (χ2v) is 9.23. The van der Waals surface area contributed by atoms with E-state index in [-0.39, 0.29) is 0 Å². The van der Waals surface area contributed by atoms with Gasteiger partial charge in [0.25, 0.3) is 0 Å². The molecule has 0 spiro atoms. The standard InChI is InChI=1S/C32H22S/c1-3-15-25-23(11-1)13-9-19-27(25)29-17-5-7-21-31(29)33-32-22-8-6-18-30(32)28-20-10-14-24-12-2-4-16-26(24)28/h1-22H. The summed E-state index contributed by atoms with van der Waals surface area (Å²) in [6, 6.07) is 47.9. The predicted octanol–water partition coefficient (Wildman–Crippen LogP) is 9.48. The van der Waals surface area contributed by atoms with Gasteiger partial charge in [-0.15, -0.1) is 0 Å². The summed E-state index contributed by atoms with van der Waals surface area (Å²) in [6.07, 6.45) is 0. The molecule has 6 aromatic rings. The minimum absolute atomic E-state index is 1.27. The van der Waals surface area contributed by atoms with Gasteiger partial charge in [-0.2, -0.15) is 0 Å². The number of benzene rings is 6. The van der Waals surface area contributed by atoms with E-state index in [0.29, 0.717) is 0 Å². The van der Waals surface area contributed by atoms with Crippen LogP contribution in [0.2, 0.25) is 0 Å². The Hall–Kier alpha value is -3.81. The van der Waals surface area contributed by atoms with E-state index in [2.05, 4.69) is 133 Å². The van der Waals surface area contributed by atoms with Crippen molar-refractivity contribution >= 4 is 33.3 Å². The fourth-order valence-electron chi connectivity index (χ4n) is 4.60. The quantitative estimate of drug-likeness (QED) is 0.264. The van der Waals surface area contributed by atoms with Gasteiger partial charge in [-0.3, -0.25) is 0 Å². The first-order chi connectivity index (χ1) is 16.4. The summed E-state index contributed by atoms with van der Waals surface area (Å²) in [6.45, 7) is 0. The molecule has 0 saturated heterocycles. The van der Waals surface area contributed by atoms with Crippen molar-refractivity contribution in [2.24, 2.45) is 0 Å². The molecule has 0 aliphatic rings. The average Bonchev–Trinajstić information content (AvgIpc) is 2.89. The Labute approximate surface area is 198 Å². The van der Waals surface area contributed by atoms with E-state index in [1.54, 1.807) is 0 Å². The maximum atomic E-state index is 2.24. The summed E-state index contributed by atoms with van der Waals surface area (Å²) in [4.78, 5) is 2.53. The van der Waals surface area contributed by atoms with Gasteiger partial charge in [0.2, 0.25) is 0 Å². The monoisotopic (exact) mass is 438 g/mol. The fourth-order valence-corrected chi connectivity index (χ4v) is 5.70. The van der Waals surface area contributed by atoms with Crippen LogP contribution in [0.5, 0.6) is 0 Å². The Morgan fingerprint density at radius 3 is 1.18 bits per heavy atom. The molecule has 0 aliphatic heterocycles. The molecule has 0 bridgehead atoms. The maximum absolute atomic E-state index is 2.24. The molecule has 0 unspecified atom stereocenters. The van der Waals surface area contributed by atoms with E-state index >= 15 is 0 Å². The summed E-state index contributed by atoms with van der Waals surface area (Å²) < 4.78 is 0. The van der Waals surface area contributed by atoms with Crippen LogP contribution in [0.3, 0.4) is 0 Å². The Bertz CT molecular complexity index is 1460. The lowest BCUT2D eigenvalue weighted by Crippen LogP contribution is -1.87. The first-order valence-electron chi connectivity index (χ1n) is 11.2. The third-order valence-corrected chi connectivity index (χ3v) is 7.31. The molecule has 0 atom stereocenters. The van der Waals surface area contributed by atoms with Crippen LogP contribution in [0.25, 0.3) is 43.8 Å². The van der Waals surface area contributed by atoms with Crippen LogP contribution >= 0.6 is 11.8 Å². The molecule has 0 fully saturated rings. The van der Waals surface area contributed by atoms with E-state index in [0.717, 1.165) is 0 Å². The number of rotatable bonds is 4. The molecule has 0 amide bonds. The first kappa shape index (κ1) is 19.8. The molecule has 0 N–H and O–H groups in total. The van der Waals surface area contributed by atoms with Gasteiger partial charge in [-0.1, -0.05) is 133 Å². The van der Waals surface area contributed by atoms with E-state index in [9.17, 15) is 0 Å². The molecule has 0 radical (unpaired) electrons. The van der Waals surface area contributed by atoms with Crippen LogP contribution in [0.15, 0.2) is 143 Å². The van der Waals surface area contributed by atoms with Crippen LogP contribution in [0.4, 0.5) is 0 Å². The zero-order valence-corrected chi connectivity index (χ0v) is 18.9. The second kappa shape index (κ2) is 8.61. The van der Waals surface area contributed by atoms with Crippen molar-refractivity contribution in [3.63, 3.8) is 0 Å². The van der Waals surface area contributed by atoms with Crippen molar-refractivity contribution in [2.45, 2.75) is 9.79 Å². The molecule has 156 valence electrons. The van der Waals surface area contributed by atoms with Gasteiger partial charge in [-0.05, 0) is 55.9 Å². The number of hydrogen-bond donors (Lipinski definition) is 0. The Kier molecular flexibility index (Phi) is 5.18. The summed E-state index contributed by atoms with van der Waals surface area (Å²) in [5.74, 6) is 0. The van der Waals surface area contributed by atoms with E-state index in [4.69, 9.17) is 0 Å². The predicted molar refractivity (Wildman–Crippen MR) is 143 cm³/mol. The van der Waals surface area contributed by atoms with Gasteiger partial charge >= 0.3 is 0 Å². The van der Waals surface area contributed by atoms with Crippen LogP contribution in [0, 0.1) is 0 Å². The van der Waals surface area contributed by atoms with Crippen molar-refractivity contribution in [1.82, 2.24) is 0 Å². The Balaban J connectivity index is 1.49. The fraction of sp³-hybridized carbons (Fsp3) is 0. The molecule has 1 heteroatoms. The van der Waals surface area contributed by atoms with Gasteiger partial charge in [0.05, 0.1) is 0 Å². The van der Waals surface area contributed by atoms with Crippen LogP contribution < -0.4 is 0 Å². The number of hydrogen-bond acceptors (Lipinski definition) is 1. The van der Waals surface area contributed by atoms with Crippen molar-refractivity contribution in [3.8, 4) is 22.3 Å². The highest BCUT2D eigenvalue weighted by atomic mass is 32.2. The summed E-state index contributed by atoms with van der Waals surface area (Å²) in [5.41, 5.74) is 5.09. The van der Waals surface area contributed by atoms with Crippen LogP contribution in [0.1, 0.15) is 0 Å². The van der Waals surface area contributed by atoms with Gasteiger partial charge < -0.3 is 0 Å². The van der Waals surface area contributed by atoms with E-state index < -0.39 is 0 Å². The Morgan fingerprint density at radius 1 is 0.303 bits per heavy atom. The molecule has 0 saturated carbocycles. The molecule has 0 aliphatic carbocycles. The minimum Gasteiger partial charge on any atom is -0.0888 e. The molecular weight excluding hydrogens is 416 g/mol. The van der Waals surface area contributed by atoms with Gasteiger partial charge in [0.1, 0.15) is 0 Å². The molecule has 0 nitrogen and oxygen atoms in total. The molecule has 6 rings (SSSR count). The Morgan fingerprint density at radius 2 is 0.667 bits per heavy atom. The maximum Gasteiger partial charge on any atom is 0.0201 e. The van der Waals surface area contributed by atoms with Crippen LogP contribution in [-0.4, -0.2) is 0 Å². The lowest BCUT2D eigenvalue weighted by molar-refractivity contribution is 1.40. The zero-order chi connectivity index (χ0) is 22.0. The third-order valence-electron chi connectivity index (χ3n) is 6.15. The molecule has 0 aromatic heterocycles. The normalized spacial score (nSPS) is 11.2. The highest BCUT2D eigenvalue weighted by molar-refractivity contribution is 7.99. The van der Waals surface area contributed by atoms with Gasteiger partial charge in [-0.25, -0.2) is 0 Å². The zero-order valence-electron chi connectivity index (χ0n) is 18.1. The topological polar surface area (TPSA) is 0 Å². The average molecular weight is 439 g/mol. The molecular formula is C32H22S. The van der Waals surface area contributed by atoms with Gasteiger partial charge in [0, 0.05) is 9.79 Å². The first-order valence-corrected chi connectivity index (χ1v) is 12.0. The van der Waals surface area contributed by atoms with Crippen molar-refractivity contribution in [3.05, 3.63) is 133 Å². The second-order valence-electron chi connectivity index (χ2n) is 8.15. The highest BCUT2D eigenvalue weighted by Gasteiger charge is 2.13. The molecule has 33 heavy (non-hydrogen) atoms. The summed E-state index contributed by atoms with van der Waals surface area (Å²) in [7, 11) is 0. The molecule has 0 heterocycles. The largest absolute Gasteiger partial charge is 0.0888 e. The minimum atomic E-state index is 1.27. The lowest BCUT2D eigenvalue weighted by atomic mass is 9.98. The van der Waals surface area contributed by atoms with E-state index in [1.165, 1.54) is 53.6 Å². The summed E-state index contributed by atoms with van der Waals surface area (Å²) in [5, 5.41) is 5.11. The van der Waals surface area contributed by atoms with Gasteiger partial charge in [0.15, 0.2) is 0 Å². The van der Waals surface area contributed by atoms with Crippen molar-refractivity contribution < 1.29 is 0 Å². The van der Waals surface area contributed by atoms with E-state index in [1.807, 2.05) is 11.8 Å². The van der Waals surface area contributed by atoms with Crippen molar-refractivity contribution in [1.29, 1.82) is 0 Å². The lowest BCUT2D eigenvalue weighted by Gasteiger charge is -2.15. The number of fused-ring (bicyclic) bond motifs is 2. The van der Waals surface area contributed by atoms with Crippen LogP contribution in [-0.2, 0) is 0 Å². The van der Waals surface area contributed by atoms with Crippen molar-refractivity contribution in [2.75, 3.05) is 0 Å². The summed E-state index contributed by atoms with van der Waals surface area (Å²) >= 11 is 1.85. The third kappa shape index (κ3) is 3.71. The smallest absolute Gasteiger partial charge is 0.0201 e.